The molecule has 0 aliphatic heterocycles. The Balaban J connectivity index is 0.000000202. The predicted molar refractivity (Wildman–Crippen MR) is 261 cm³/mol. The molecule has 10 aromatic rings. The van der Waals surface area contributed by atoms with E-state index in [0.29, 0.717) is 22.5 Å². The number of aromatic nitrogens is 4. The molecule has 6 aromatic carbocycles. The van der Waals surface area contributed by atoms with E-state index in [0.717, 1.165) is 71.2 Å². The van der Waals surface area contributed by atoms with Crippen molar-refractivity contribution in [3.63, 3.8) is 0 Å². The first-order chi connectivity index (χ1) is 32.0. The van der Waals surface area contributed by atoms with Crippen molar-refractivity contribution in [2.75, 3.05) is 0 Å². The topological polar surface area (TPSA) is 56.7 Å². The van der Waals surface area contributed by atoms with Crippen LogP contribution in [0.15, 0.2) is 162 Å². The number of nitrogens with zero attached hydrogens (tertiary/aromatic N) is 4. The second kappa shape index (κ2) is 18.4. The minimum atomic E-state index is -2.32. The van der Waals surface area contributed by atoms with E-state index in [1.807, 2.05) is 63.4 Å². The molecule has 7 heteroatoms. The Morgan fingerprint density at radius 1 is 0.762 bits per heavy atom. The number of imidazole rings is 1. The van der Waals surface area contributed by atoms with Crippen LogP contribution in [0.1, 0.15) is 37.5 Å². The van der Waals surface area contributed by atoms with E-state index in [-0.39, 0.29) is 31.6 Å². The zero-order valence-electron chi connectivity index (χ0n) is 41.1. The molecular weight excluding hydrogens is 1010 g/mol. The van der Waals surface area contributed by atoms with Crippen LogP contribution in [0.2, 0.25) is 17.3 Å². The quantitative estimate of drug-likeness (QED) is 0.112. The standard InChI is InChI=1S/C37H24N3O.C19H26GeN.Ir/c1-24-19-21-29-28-15-10-16-30(35(28)41-37(29)38-24)36-39-32-17-8-9-18-34(32)40(36)33-22-20-27(25-11-4-2-5-12-25)23-31(33)26-13-6-3-7-14-26;1-14(2)11-17-12-19(16-9-7-15(3)8-10-16)21-13-18(17)20(4,5)6;/h2-15,17-23H,1H3;7-9,12-14H,11H2,1-6H3;/q2*-1;/i;3D3,11D2;. The van der Waals surface area contributed by atoms with E-state index in [9.17, 15) is 0 Å². The zero-order chi connectivity index (χ0) is 47.3. The van der Waals surface area contributed by atoms with Gasteiger partial charge in [0.15, 0.2) is 0 Å². The molecule has 0 aliphatic rings. The second-order valence-corrected chi connectivity index (χ2v) is 27.5. The number of pyridine rings is 2. The van der Waals surface area contributed by atoms with Gasteiger partial charge in [-0.3, -0.25) is 4.98 Å². The predicted octanol–water partition coefficient (Wildman–Crippen LogP) is 14.0. The number of hydrogen-bond acceptors (Lipinski definition) is 4. The van der Waals surface area contributed by atoms with Crippen LogP contribution in [-0.2, 0) is 26.5 Å². The minimum Gasteiger partial charge on any atom is 0 e. The van der Waals surface area contributed by atoms with Crippen LogP contribution in [0.3, 0.4) is 0 Å². The van der Waals surface area contributed by atoms with Gasteiger partial charge in [0, 0.05) is 42.4 Å². The summed E-state index contributed by atoms with van der Waals surface area (Å²) in [5, 5.41) is 1.99. The fourth-order valence-corrected chi connectivity index (χ4v) is 10.9. The van der Waals surface area contributed by atoms with Crippen LogP contribution in [-0.4, -0.2) is 32.8 Å². The fourth-order valence-electron chi connectivity index (χ4n) is 7.92. The molecule has 0 aliphatic carbocycles. The van der Waals surface area contributed by atoms with Crippen molar-refractivity contribution in [1.29, 1.82) is 0 Å². The van der Waals surface area contributed by atoms with Crippen molar-refractivity contribution < 1.29 is 31.4 Å². The van der Waals surface area contributed by atoms with Crippen LogP contribution in [0.25, 0.3) is 83.7 Å². The van der Waals surface area contributed by atoms with E-state index < -0.39 is 26.5 Å². The van der Waals surface area contributed by atoms with Gasteiger partial charge in [0.1, 0.15) is 0 Å². The van der Waals surface area contributed by atoms with Gasteiger partial charge in [0.2, 0.25) is 5.71 Å². The second-order valence-electron chi connectivity index (χ2n) is 16.9. The third kappa shape index (κ3) is 9.12. The summed E-state index contributed by atoms with van der Waals surface area (Å²) in [4.78, 5) is 14.4. The first-order valence-electron chi connectivity index (χ1n) is 23.5. The zero-order valence-corrected chi connectivity index (χ0v) is 40.6. The summed E-state index contributed by atoms with van der Waals surface area (Å²) >= 11 is -2.32. The van der Waals surface area contributed by atoms with Crippen molar-refractivity contribution >= 4 is 50.8 Å². The number of hydrogen-bond donors (Lipinski definition) is 0. The van der Waals surface area contributed by atoms with E-state index in [1.54, 1.807) is 12.1 Å². The Bertz CT molecular complexity index is 3400. The summed E-state index contributed by atoms with van der Waals surface area (Å²) in [6, 6.07) is 57.0. The van der Waals surface area contributed by atoms with Gasteiger partial charge >= 0.3 is 139 Å². The first kappa shape index (κ1) is 37.6. The van der Waals surface area contributed by atoms with Gasteiger partial charge in [-0.15, -0.1) is 18.2 Å². The van der Waals surface area contributed by atoms with E-state index in [2.05, 4.69) is 141 Å². The number of rotatable bonds is 8. The molecule has 0 spiro atoms. The molecule has 1 radical (unpaired) electrons. The Hall–Kier alpha value is -5.92. The van der Waals surface area contributed by atoms with Gasteiger partial charge in [-0.25, -0.2) is 4.98 Å². The van der Waals surface area contributed by atoms with Crippen LogP contribution >= 0.6 is 0 Å². The molecule has 4 heterocycles. The number of fused-ring (bicyclic) bond motifs is 4. The van der Waals surface area contributed by atoms with Crippen molar-refractivity contribution in [1.82, 2.24) is 19.5 Å². The summed E-state index contributed by atoms with van der Waals surface area (Å²) in [6.07, 6.45) is 0.362. The van der Waals surface area contributed by atoms with Gasteiger partial charge < -0.3 is 8.98 Å². The summed E-state index contributed by atoms with van der Waals surface area (Å²) < 4.78 is 49.3. The maximum Gasteiger partial charge on any atom is 0 e. The molecule has 5 nitrogen and oxygen atoms in total. The van der Waals surface area contributed by atoms with Crippen molar-refractivity contribution in [3.8, 4) is 50.6 Å². The SMILES string of the molecule is Cc1ccc2c(n1)oc1c(-c3nc4ccccc4n3-c3ccc(-c4ccccc4)cc3-c3ccccc3)[c-]ccc12.[2H]C([2H])([2H])c1c[c-]c(-c2cc(C([2H])([2H])C(C)C)[c]([Ge]([CH3])([CH3])[CH3])cn2)cc1.[Ir]. The first-order valence-corrected chi connectivity index (χ1v) is 28.3. The number of para-hydroxylation sites is 2. The normalized spacial score (nSPS) is 13.1. The van der Waals surface area contributed by atoms with Gasteiger partial charge in [0.05, 0.1) is 22.4 Å². The van der Waals surface area contributed by atoms with Gasteiger partial charge in [0.25, 0.3) is 0 Å². The van der Waals surface area contributed by atoms with Gasteiger partial charge in [-0.1, -0.05) is 89.8 Å². The van der Waals surface area contributed by atoms with Gasteiger partial charge in [-0.05, 0) is 60.0 Å². The molecule has 10 rings (SSSR count). The van der Waals surface area contributed by atoms with E-state index in [4.69, 9.17) is 16.3 Å². The summed E-state index contributed by atoms with van der Waals surface area (Å²) in [7, 11) is 0. The maximum atomic E-state index is 8.60. The molecular formula is C56H50GeIrN4O-2. The Labute approximate surface area is 394 Å². The minimum absolute atomic E-state index is 0. The van der Waals surface area contributed by atoms with E-state index >= 15 is 0 Å². The molecule has 0 saturated heterocycles. The molecule has 4 aromatic heterocycles. The summed E-state index contributed by atoms with van der Waals surface area (Å²) in [5.74, 6) is 7.30. The number of benzene rings is 6. The third-order valence-corrected chi connectivity index (χ3v) is 15.1. The number of aryl methyl sites for hydroxylation is 2. The third-order valence-electron chi connectivity index (χ3n) is 10.9. The monoisotopic (exact) mass is 1070 g/mol. The Morgan fingerprint density at radius 3 is 2.22 bits per heavy atom. The largest absolute Gasteiger partial charge is 0 e. The van der Waals surface area contributed by atoms with Crippen LogP contribution in [0.4, 0.5) is 0 Å². The average molecular weight is 1060 g/mol. The molecule has 63 heavy (non-hydrogen) atoms. The molecule has 0 N–H and O–H groups in total. The molecule has 0 bridgehead atoms. The molecule has 0 saturated carbocycles. The summed E-state index contributed by atoms with van der Waals surface area (Å²) in [6.45, 7) is 3.59. The van der Waals surface area contributed by atoms with E-state index in [1.165, 1.54) is 11.6 Å². The molecule has 0 fully saturated rings. The summed E-state index contributed by atoms with van der Waals surface area (Å²) in [5.41, 5.74) is 12.9. The van der Waals surface area contributed by atoms with Crippen molar-refractivity contribution in [3.05, 3.63) is 187 Å². The Kier molecular flexibility index (Phi) is 11.0. The molecule has 0 atom stereocenters. The van der Waals surface area contributed by atoms with Crippen LogP contribution in [0.5, 0.6) is 0 Å². The maximum absolute atomic E-state index is 8.60. The van der Waals surface area contributed by atoms with Crippen LogP contribution < -0.4 is 4.40 Å². The molecule has 0 amide bonds. The number of furan rings is 1. The van der Waals surface area contributed by atoms with Crippen molar-refractivity contribution in [2.24, 2.45) is 5.92 Å². The fraction of sp³-hybridized carbons (Fsp3) is 0.161. The molecule has 0 unspecified atom stereocenters. The average Bonchev–Trinajstić information content (AvgIpc) is 3.89. The Morgan fingerprint density at radius 2 is 1.51 bits per heavy atom. The van der Waals surface area contributed by atoms with Gasteiger partial charge in [-0.2, -0.15) is 0 Å². The van der Waals surface area contributed by atoms with Crippen molar-refractivity contribution in [2.45, 2.75) is 51.3 Å². The molecule has 315 valence electrons. The smallest absolute Gasteiger partial charge is 0 e. The van der Waals surface area contributed by atoms with Crippen LogP contribution in [0, 0.1) is 31.8 Å².